The maximum Gasteiger partial charge on any atom is 1.00 e. The first-order chi connectivity index (χ1) is 7.75. The Labute approximate surface area is 133 Å². The van der Waals surface area contributed by atoms with Gasteiger partial charge in [0.25, 0.3) is 0 Å². The number of carboxylic acid groups (broad SMARTS) is 2. The molecule has 0 aliphatic carbocycles. The van der Waals surface area contributed by atoms with E-state index < -0.39 is 36.0 Å². The first kappa shape index (κ1) is 23.3. The van der Waals surface area contributed by atoms with Gasteiger partial charge in [-0.25, -0.2) is 5.06 Å². The molecule has 0 spiro atoms. The predicted octanol–water partition coefficient (Wildman–Crippen LogP) is -9.30. The van der Waals surface area contributed by atoms with Crippen LogP contribution < -0.4 is 47.9 Å². The summed E-state index contributed by atoms with van der Waals surface area (Å²) < 4.78 is 0. The molecule has 8 nitrogen and oxygen atoms in total. The first-order valence-electron chi connectivity index (χ1n) is 4.66. The van der Waals surface area contributed by atoms with Gasteiger partial charge in [-0.1, -0.05) is 0 Å². The number of hydroxylamine groups is 2. The van der Waals surface area contributed by atoms with Crippen LogP contribution in [0.4, 0.5) is 0 Å². The normalized spacial score (nSPS) is 10.4. The standard InChI is InChI=1S/C9H13NO7.2Li/c1-10(17)7(12)3-2-5(8(13)14)4-6(11)9(15)16;;/h5,17H,2-4H2,1H3,(H,13,14)(H,15,16);;/q;2*+1/p-2. The Hall–Kier alpha value is -0.765. The smallest absolute Gasteiger partial charge is 0.550 e. The summed E-state index contributed by atoms with van der Waals surface area (Å²) in [6.45, 7) is 0. The molecule has 0 aromatic rings. The van der Waals surface area contributed by atoms with E-state index in [-0.39, 0.29) is 55.6 Å². The fourth-order valence-corrected chi connectivity index (χ4v) is 1.07. The number of nitrogens with zero attached hydrogens (tertiary/aromatic N) is 1. The fraction of sp³-hybridized carbons (Fsp3) is 0.556. The molecule has 0 bridgehead atoms. The van der Waals surface area contributed by atoms with Crippen molar-refractivity contribution in [2.75, 3.05) is 7.05 Å². The minimum atomic E-state index is -1.98. The van der Waals surface area contributed by atoms with E-state index in [1.807, 2.05) is 0 Å². The number of hydrogen-bond donors (Lipinski definition) is 1. The molecule has 0 rings (SSSR count). The summed E-state index contributed by atoms with van der Waals surface area (Å²) in [6, 6.07) is 0. The van der Waals surface area contributed by atoms with Crippen molar-refractivity contribution in [1.29, 1.82) is 0 Å². The molecule has 1 amide bonds. The molecule has 1 atom stereocenters. The number of amides is 1. The third kappa shape index (κ3) is 9.77. The van der Waals surface area contributed by atoms with E-state index in [0.717, 1.165) is 7.05 Å². The van der Waals surface area contributed by atoms with Crippen LogP contribution in [0.2, 0.25) is 0 Å². The largest absolute Gasteiger partial charge is 1.00 e. The molecule has 10 heteroatoms. The van der Waals surface area contributed by atoms with Crippen molar-refractivity contribution in [2.24, 2.45) is 5.92 Å². The molecule has 0 radical (unpaired) electrons. The van der Waals surface area contributed by atoms with Gasteiger partial charge in [-0.05, 0) is 6.42 Å². The number of rotatable bonds is 7. The van der Waals surface area contributed by atoms with Gasteiger partial charge >= 0.3 is 37.7 Å². The van der Waals surface area contributed by atoms with Crippen molar-refractivity contribution >= 4 is 23.6 Å². The van der Waals surface area contributed by atoms with E-state index >= 15 is 0 Å². The van der Waals surface area contributed by atoms with Gasteiger partial charge in [0.1, 0.15) is 5.97 Å². The zero-order valence-electron chi connectivity index (χ0n) is 11.0. The van der Waals surface area contributed by atoms with E-state index in [1.54, 1.807) is 0 Å². The quantitative estimate of drug-likeness (QED) is 0.207. The topological polar surface area (TPSA) is 138 Å². The van der Waals surface area contributed by atoms with Gasteiger partial charge in [0.05, 0.1) is 0 Å². The first-order valence-corrected chi connectivity index (χ1v) is 4.66. The van der Waals surface area contributed by atoms with Gasteiger partial charge < -0.3 is 19.8 Å². The number of hydrogen-bond acceptors (Lipinski definition) is 7. The Balaban J connectivity index is -0.00000128. The van der Waals surface area contributed by atoms with Crippen LogP contribution in [-0.2, 0) is 19.2 Å². The second-order valence-corrected chi connectivity index (χ2v) is 3.39. The zero-order chi connectivity index (χ0) is 13.6. The Kier molecular flexibility index (Phi) is 13.6. The van der Waals surface area contributed by atoms with Gasteiger partial charge in [0.2, 0.25) is 5.91 Å². The zero-order valence-corrected chi connectivity index (χ0v) is 11.0. The average Bonchev–Trinajstić information content (AvgIpc) is 2.22. The molecule has 0 aromatic heterocycles. The van der Waals surface area contributed by atoms with Crippen molar-refractivity contribution in [3.63, 3.8) is 0 Å². The maximum absolute atomic E-state index is 10.9. The Morgan fingerprint density at radius 3 is 1.95 bits per heavy atom. The van der Waals surface area contributed by atoms with E-state index in [9.17, 15) is 29.4 Å². The minimum Gasteiger partial charge on any atom is -0.550 e. The molecule has 1 N–H and O–H groups in total. The molecule has 0 heterocycles. The number of Topliss-reactive ketones (excluding diaryl/α,β-unsaturated/α-hetero) is 1. The van der Waals surface area contributed by atoms with Crippen molar-refractivity contribution in [1.82, 2.24) is 5.06 Å². The van der Waals surface area contributed by atoms with Crippen LogP contribution in [0.25, 0.3) is 0 Å². The third-order valence-electron chi connectivity index (χ3n) is 2.06. The van der Waals surface area contributed by atoms with Crippen LogP contribution in [-0.4, -0.2) is 40.9 Å². The molecule has 0 aromatic carbocycles. The molecule has 1 unspecified atom stereocenters. The van der Waals surface area contributed by atoms with Crippen LogP contribution in [0, 0.1) is 5.92 Å². The molecule has 19 heavy (non-hydrogen) atoms. The van der Waals surface area contributed by atoms with E-state index in [0.29, 0.717) is 0 Å². The van der Waals surface area contributed by atoms with Gasteiger partial charge in [-0.2, -0.15) is 0 Å². The second-order valence-electron chi connectivity index (χ2n) is 3.39. The van der Waals surface area contributed by atoms with Crippen molar-refractivity contribution in [3.8, 4) is 0 Å². The predicted molar refractivity (Wildman–Crippen MR) is 46.9 cm³/mol. The van der Waals surface area contributed by atoms with E-state index in [1.165, 1.54) is 0 Å². The van der Waals surface area contributed by atoms with Crippen LogP contribution in [0.5, 0.6) is 0 Å². The van der Waals surface area contributed by atoms with E-state index in [4.69, 9.17) is 5.21 Å². The molecular weight excluding hydrogens is 248 g/mol. The van der Waals surface area contributed by atoms with Crippen molar-refractivity contribution in [2.45, 2.75) is 19.3 Å². The molecule has 0 fully saturated rings. The van der Waals surface area contributed by atoms with Gasteiger partial charge in [-0.3, -0.25) is 14.8 Å². The number of ketones is 1. The van der Waals surface area contributed by atoms with Gasteiger partial charge in [0, 0.05) is 31.8 Å². The molecular formula is C9H11Li2NO7. The van der Waals surface area contributed by atoms with Gasteiger partial charge in [-0.15, -0.1) is 0 Å². The number of carbonyl (C=O) groups excluding carboxylic acids is 4. The molecule has 0 aliphatic rings. The van der Waals surface area contributed by atoms with Crippen LogP contribution in [0.15, 0.2) is 0 Å². The SMILES string of the molecule is CN(O)C(=O)CCC(CC(=O)C(=O)[O-])C(=O)[O-].[Li+].[Li+]. The summed E-state index contributed by atoms with van der Waals surface area (Å²) in [6.07, 6.45) is -1.44. The number of carboxylic acids is 2. The fourth-order valence-electron chi connectivity index (χ4n) is 1.07. The summed E-state index contributed by atoms with van der Waals surface area (Å²) in [5.41, 5.74) is 0. The summed E-state index contributed by atoms with van der Waals surface area (Å²) in [4.78, 5) is 42.4. The van der Waals surface area contributed by atoms with E-state index in [2.05, 4.69) is 0 Å². The summed E-state index contributed by atoms with van der Waals surface area (Å²) in [5, 5.41) is 29.7. The number of aliphatic carboxylic acids is 2. The molecule has 96 valence electrons. The molecule has 0 aliphatic heterocycles. The van der Waals surface area contributed by atoms with Crippen molar-refractivity contribution < 1.29 is 72.3 Å². The summed E-state index contributed by atoms with van der Waals surface area (Å²) in [7, 11) is 1.06. The van der Waals surface area contributed by atoms with Crippen LogP contribution >= 0.6 is 0 Å². The van der Waals surface area contributed by atoms with Crippen LogP contribution in [0.1, 0.15) is 19.3 Å². The monoisotopic (exact) mass is 259 g/mol. The molecule has 0 saturated carbocycles. The second kappa shape index (κ2) is 11.1. The van der Waals surface area contributed by atoms with Crippen molar-refractivity contribution in [3.05, 3.63) is 0 Å². The minimum absolute atomic E-state index is 0. The Bertz CT molecular complexity index is 345. The molecule has 0 saturated heterocycles. The number of carbonyl (C=O) groups is 4. The van der Waals surface area contributed by atoms with Gasteiger partial charge in [0.15, 0.2) is 5.78 Å². The Morgan fingerprint density at radius 1 is 1.16 bits per heavy atom. The third-order valence-corrected chi connectivity index (χ3v) is 2.06. The van der Waals surface area contributed by atoms with Crippen LogP contribution in [0.3, 0.4) is 0 Å². The Morgan fingerprint density at radius 2 is 1.63 bits per heavy atom. The average molecular weight is 259 g/mol. The summed E-state index contributed by atoms with van der Waals surface area (Å²) >= 11 is 0. The summed E-state index contributed by atoms with van der Waals surface area (Å²) in [5.74, 6) is -7.14. The maximum atomic E-state index is 10.9.